The number of hydrogen-bond acceptors (Lipinski definition) is 7. The number of H-pyrrole nitrogens is 1. The fraction of sp³-hybridized carbons (Fsp3) is 0.158. The van der Waals surface area contributed by atoms with E-state index in [-0.39, 0.29) is 21.8 Å². The van der Waals surface area contributed by atoms with Crippen molar-refractivity contribution in [2.75, 3.05) is 0 Å². The third-order valence-corrected chi connectivity index (χ3v) is 7.48. The number of fused-ring (bicyclic) bond motifs is 5. The number of non-ortho nitro benzene ring substituents is 1. The van der Waals surface area contributed by atoms with Gasteiger partial charge >= 0.3 is 10.8 Å². The first kappa shape index (κ1) is 17.2. The SMILES string of the molecule is O=C1Oc2ccc([N+](=O)[O-])cc2[C@@H]2c3sc(=O)[nH]c3S[C@H](c3ccccc3)[C@H]12. The minimum absolute atomic E-state index is 0.0747. The fourth-order valence-electron chi connectivity index (χ4n) is 3.83. The first-order valence-corrected chi connectivity index (χ1v) is 10.2. The molecule has 0 radical (unpaired) electrons. The summed E-state index contributed by atoms with van der Waals surface area (Å²) in [6.45, 7) is 0. The van der Waals surface area contributed by atoms with Crippen molar-refractivity contribution in [3.05, 3.63) is 84.3 Å². The summed E-state index contributed by atoms with van der Waals surface area (Å²) in [5.74, 6) is -1.14. The molecule has 0 spiro atoms. The normalized spacial score (nSPS) is 22.6. The molecule has 5 rings (SSSR count). The Bertz CT molecular complexity index is 1170. The van der Waals surface area contributed by atoms with Crippen LogP contribution in [-0.4, -0.2) is 15.9 Å². The van der Waals surface area contributed by atoms with Crippen LogP contribution in [0.25, 0.3) is 0 Å². The average molecular weight is 412 g/mol. The van der Waals surface area contributed by atoms with Gasteiger partial charge in [-0.2, -0.15) is 0 Å². The van der Waals surface area contributed by atoms with Gasteiger partial charge in [-0.1, -0.05) is 53.4 Å². The molecule has 7 nitrogen and oxygen atoms in total. The summed E-state index contributed by atoms with van der Waals surface area (Å²) >= 11 is 2.47. The molecule has 3 aromatic rings. The van der Waals surface area contributed by atoms with Crippen molar-refractivity contribution in [1.82, 2.24) is 4.98 Å². The highest BCUT2D eigenvalue weighted by molar-refractivity contribution is 7.99. The number of nitro benzene ring substituents is 1. The maximum atomic E-state index is 13.0. The Labute approximate surface area is 166 Å². The number of benzene rings is 2. The van der Waals surface area contributed by atoms with E-state index in [4.69, 9.17) is 4.74 Å². The zero-order valence-corrected chi connectivity index (χ0v) is 15.8. The van der Waals surface area contributed by atoms with Gasteiger partial charge in [-0.15, -0.1) is 0 Å². The quantitative estimate of drug-likeness (QED) is 0.297. The standard InChI is InChI=1S/C19H12N2O5S2/c22-18-14-13(11-8-10(21(24)25)6-7-12(11)26-18)16-17(20-19(23)28-16)27-15(14)9-4-2-1-3-5-9/h1-8,13-15H,(H,20,23)/t13-,14+,15+/m0/s1. The van der Waals surface area contributed by atoms with Crippen LogP contribution < -0.4 is 9.61 Å². The molecule has 1 N–H and O–H groups in total. The van der Waals surface area contributed by atoms with Crippen molar-refractivity contribution in [3.63, 3.8) is 0 Å². The Balaban J connectivity index is 1.75. The van der Waals surface area contributed by atoms with Gasteiger partial charge in [0.2, 0.25) is 0 Å². The van der Waals surface area contributed by atoms with E-state index in [9.17, 15) is 19.7 Å². The van der Waals surface area contributed by atoms with Crippen LogP contribution in [0.4, 0.5) is 5.69 Å². The summed E-state index contributed by atoms with van der Waals surface area (Å²) in [7, 11) is 0. The highest BCUT2D eigenvalue weighted by Crippen LogP contribution is 2.58. The van der Waals surface area contributed by atoms with Gasteiger partial charge in [0.1, 0.15) is 5.75 Å². The third kappa shape index (κ3) is 2.58. The number of carbonyl (C=O) groups excluding carboxylic acids is 1. The number of nitro groups is 1. The van der Waals surface area contributed by atoms with E-state index in [1.807, 2.05) is 30.3 Å². The minimum atomic E-state index is -0.583. The van der Waals surface area contributed by atoms with E-state index in [2.05, 4.69) is 4.98 Å². The minimum Gasteiger partial charge on any atom is -0.426 e. The number of carbonyl (C=O) groups is 1. The van der Waals surface area contributed by atoms with E-state index >= 15 is 0 Å². The van der Waals surface area contributed by atoms with E-state index in [0.717, 1.165) is 21.8 Å². The Kier molecular flexibility index (Phi) is 3.88. The molecule has 0 unspecified atom stereocenters. The number of aromatic nitrogens is 1. The van der Waals surface area contributed by atoms with Crippen LogP contribution in [-0.2, 0) is 4.79 Å². The summed E-state index contributed by atoms with van der Waals surface area (Å²) < 4.78 is 5.55. The molecule has 0 saturated heterocycles. The van der Waals surface area contributed by atoms with E-state index in [0.29, 0.717) is 16.3 Å². The van der Waals surface area contributed by atoms with Crippen molar-refractivity contribution in [1.29, 1.82) is 0 Å². The fourth-order valence-corrected chi connectivity index (χ4v) is 6.42. The van der Waals surface area contributed by atoms with Gasteiger partial charge in [0, 0.05) is 28.5 Å². The molecule has 0 saturated carbocycles. The molecule has 9 heteroatoms. The molecule has 28 heavy (non-hydrogen) atoms. The van der Waals surface area contributed by atoms with Gasteiger partial charge in [0.15, 0.2) is 0 Å². The molecule has 2 aliphatic rings. The molecule has 0 aliphatic carbocycles. The number of rotatable bonds is 2. The van der Waals surface area contributed by atoms with Crippen LogP contribution in [0.15, 0.2) is 58.4 Å². The lowest BCUT2D eigenvalue weighted by molar-refractivity contribution is -0.385. The van der Waals surface area contributed by atoms with Crippen LogP contribution in [0, 0.1) is 16.0 Å². The largest absolute Gasteiger partial charge is 0.426 e. The van der Waals surface area contributed by atoms with Gasteiger partial charge in [0.05, 0.1) is 21.1 Å². The summed E-state index contributed by atoms with van der Waals surface area (Å²) in [4.78, 5) is 39.2. The number of ether oxygens (including phenoxy) is 1. The molecule has 140 valence electrons. The maximum Gasteiger partial charge on any atom is 0.316 e. The van der Waals surface area contributed by atoms with Gasteiger partial charge in [0.25, 0.3) is 5.69 Å². The van der Waals surface area contributed by atoms with Crippen LogP contribution in [0.2, 0.25) is 0 Å². The van der Waals surface area contributed by atoms with Gasteiger partial charge in [-0.25, -0.2) is 0 Å². The lowest BCUT2D eigenvalue weighted by Gasteiger charge is -2.39. The highest BCUT2D eigenvalue weighted by Gasteiger charge is 2.49. The lowest BCUT2D eigenvalue weighted by Crippen LogP contribution is -2.37. The smallest absolute Gasteiger partial charge is 0.316 e. The van der Waals surface area contributed by atoms with Crippen molar-refractivity contribution in [2.24, 2.45) is 5.92 Å². The Morgan fingerprint density at radius 1 is 1.11 bits per heavy atom. The predicted molar refractivity (Wildman–Crippen MR) is 104 cm³/mol. The first-order valence-electron chi connectivity index (χ1n) is 8.47. The molecule has 3 heterocycles. The van der Waals surface area contributed by atoms with Gasteiger partial charge in [-0.05, 0) is 11.6 Å². The predicted octanol–water partition coefficient (Wildman–Crippen LogP) is 3.86. The topological polar surface area (TPSA) is 102 Å². The Morgan fingerprint density at radius 2 is 1.89 bits per heavy atom. The highest BCUT2D eigenvalue weighted by atomic mass is 32.2. The van der Waals surface area contributed by atoms with Crippen LogP contribution in [0.1, 0.15) is 27.2 Å². The van der Waals surface area contributed by atoms with Crippen molar-refractivity contribution in [3.8, 4) is 5.75 Å². The maximum absolute atomic E-state index is 13.0. The molecule has 0 fully saturated rings. The van der Waals surface area contributed by atoms with Crippen LogP contribution in [0.5, 0.6) is 5.75 Å². The summed E-state index contributed by atoms with van der Waals surface area (Å²) in [6.07, 6.45) is 0. The summed E-state index contributed by atoms with van der Waals surface area (Å²) in [5.41, 5.74) is 1.43. The molecule has 2 aliphatic heterocycles. The zero-order valence-electron chi connectivity index (χ0n) is 14.2. The molecule has 3 atom stereocenters. The van der Waals surface area contributed by atoms with Gasteiger partial charge < -0.3 is 9.72 Å². The number of thiazole rings is 1. The van der Waals surface area contributed by atoms with Crippen molar-refractivity contribution in [2.45, 2.75) is 16.2 Å². The number of thioether (sulfide) groups is 1. The average Bonchev–Trinajstić information content (AvgIpc) is 3.07. The van der Waals surface area contributed by atoms with Gasteiger partial charge in [-0.3, -0.25) is 19.7 Å². The van der Waals surface area contributed by atoms with E-state index in [1.165, 1.54) is 30.0 Å². The molecule has 1 aromatic heterocycles. The van der Waals surface area contributed by atoms with Crippen LogP contribution >= 0.6 is 23.1 Å². The monoisotopic (exact) mass is 412 g/mol. The number of esters is 1. The zero-order chi connectivity index (χ0) is 19.4. The van der Waals surface area contributed by atoms with Crippen LogP contribution in [0.3, 0.4) is 0 Å². The first-order chi connectivity index (χ1) is 13.5. The summed E-state index contributed by atoms with van der Waals surface area (Å²) in [6, 6.07) is 13.8. The second-order valence-corrected chi connectivity index (χ2v) is 8.73. The Hall–Kier alpha value is -2.91. The number of nitrogens with one attached hydrogen (secondary N) is 1. The lowest BCUT2D eigenvalue weighted by atomic mass is 9.78. The molecule has 0 amide bonds. The Morgan fingerprint density at radius 3 is 2.64 bits per heavy atom. The number of aromatic amines is 1. The van der Waals surface area contributed by atoms with E-state index in [1.54, 1.807) is 0 Å². The molecular formula is C19H12N2O5S2. The molecular weight excluding hydrogens is 400 g/mol. The second-order valence-electron chi connectivity index (χ2n) is 6.56. The molecule has 2 aromatic carbocycles. The second kappa shape index (κ2) is 6.32. The number of nitrogens with zero attached hydrogens (tertiary/aromatic N) is 1. The van der Waals surface area contributed by atoms with Crippen molar-refractivity contribution < 1.29 is 14.5 Å². The number of hydrogen-bond donors (Lipinski definition) is 1. The molecule has 0 bridgehead atoms. The van der Waals surface area contributed by atoms with Crippen molar-refractivity contribution >= 4 is 34.8 Å². The summed E-state index contributed by atoms with van der Waals surface area (Å²) in [5, 5.41) is 11.7. The van der Waals surface area contributed by atoms with E-state index < -0.39 is 16.8 Å². The third-order valence-electron chi connectivity index (χ3n) is 5.00.